The molecule has 1 saturated heterocycles. The largest absolute Gasteiger partial charge is 0.383 e. The molecule has 22 heavy (non-hydrogen) atoms. The summed E-state index contributed by atoms with van der Waals surface area (Å²) in [6.45, 7) is 9.60. The molecule has 0 radical (unpaired) electrons. The van der Waals surface area contributed by atoms with Crippen LogP contribution in [0.15, 0.2) is 5.38 Å². The second-order valence-corrected chi connectivity index (χ2v) is 6.97. The van der Waals surface area contributed by atoms with Gasteiger partial charge in [-0.3, -0.25) is 9.69 Å². The van der Waals surface area contributed by atoms with Crippen molar-refractivity contribution in [3.8, 4) is 0 Å². The quantitative estimate of drug-likeness (QED) is 0.802. The minimum absolute atomic E-state index is 0.203. The van der Waals surface area contributed by atoms with E-state index in [9.17, 15) is 4.79 Å². The van der Waals surface area contributed by atoms with Gasteiger partial charge >= 0.3 is 0 Å². The molecule has 0 unspecified atom stereocenters. The van der Waals surface area contributed by atoms with E-state index in [2.05, 4.69) is 23.7 Å². The molecule has 0 N–H and O–H groups in total. The number of hydrogen-bond acceptors (Lipinski definition) is 5. The van der Waals surface area contributed by atoms with Crippen LogP contribution >= 0.6 is 11.3 Å². The fourth-order valence-corrected chi connectivity index (χ4v) is 3.44. The number of nitrogens with zero attached hydrogens (tertiary/aromatic N) is 3. The number of thiazole rings is 1. The van der Waals surface area contributed by atoms with Crippen molar-refractivity contribution in [2.75, 3.05) is 46.4 Å². The summed E-state index contributed by atoms with van der Waals surface area (Å²) in [5.41, 5.74) is 0.916. The second kappa shape index (κ2) is 8.60. The molecule has 124 valence electrons. The van der Waals surface area contributed by atoms with Gasteiger partial charge in [-0.15, -0.1) is 11.3 Å². The molecule has 0 bridgehead atoms. The van der Waals surface area contributed by atoms with E-state index in [1.165, 1.54) is 0 Å². The van der Waals surface area contributed by atoms with Gasteiger partial charge in [0.2, 0.25) is 5.91 Å². The average Bonchev–Trinajstić information content (AvgIpc) is 2.82. The number of amides is 1. The highest BCUT2D eigenvalue weighted by Crippen LogP contribution is 2.19. The molecule has 0 atom stereocenters. The monoisotopic (exact) mass is 325 g/mol. The van der Waals surface area contributed by atoms with Gasteiger partial charge in [0.05, 0.1) is 23.7 Å². The number of hydrogen-bond donors (Lipinski definition) is 0. The molecule has 2 rings (SSSR count). The lowest BCUT2D eigenvalue weighted by atomic mass is 10.2. The highest BCUT2D eigenvalue weighted by molar-refractivity contribution is 7.09. The maximum Gasteiger partial charge on any atom is 0.228 e. The minimum atomic E-state index is 0.203. The molecule has 5 nitrogen and oxygen atoms in total. The van der Waals surface area contributed by atoms with Gasteiger partial charge in [0, 0.05) is 44.6 Å². The van der Waals surface area contributed by atoms with Gasteiger partial charge in [0.1, 0.15) is 0 Å². The fourth-order valence-electron chi connectivity index (χ4n) is 2.60. The zero-order valence-electron chi connectivity index (χ0n) is 13.9. The van der Waals surface area contributed by atoms with Gasteiger partial charge in [-0.2, -0.15) is 0 Å². The molecule has 0 saturated carbocycles. The van der Waals surface area contributed by atoms with E-state index < -0.39 is 0 Å². The minimum Gasteiger partial charge on any atom is -0.383 e. The van der Waals surface area contributed by atoms with Crippen molar-refractivity contribution in [3.63, 3.8) is 0 Å². The van der Waals surface area contributed by atoms with E-state index in [0.717, 1.165) is 56.5 Å². The van der Waals surface area contributed by atoms with Gasteiger partial charge in [0.25, 0.3) is 0 Å². The van der Waals surface area contributed by atoms with Crippen molar-refractivity contribution in [2.45, 2.75) is 32.6 Å². The van der Waals surface area contributed by atoms with Crippen molar-refractivity contribution >= 4 is 17.2 Å². The molecule has 1 aromatic heterocycles. The zero-order chi connectivity index (χ0) is 15.9. The molecule has 6 heteroatoms. The summed E-state index contributed by atoms with van der Waals surface area (Å²) in [5.74, 6) is 0.635. The third kappa shape index (κ3) is 5.04. The number of carbonyl (C=O) groups excluding carboxylic acids is 1. The maximum atomic E-state index is 12.5. The Hall–Kier alpha value is -0.980. The summed E-state index contributed by atoms with van der Waals surface area (Å²) in [4.78, 5) is 21.4. The van der Waals surface area contributed by atoms with Gasteiger partial charge in [-0.25, -0.2) is 4.98 Å². The maximum absolute atomic E-state index is 12.5. The lowest BCUT2D eigenvalue weighted by molar-refractivity contribution is -0.130. The Morgan fingerprint density at radius 2 is 2.18 bits per heavy atom. The van der Waals surface area contributed by atoms with E-state index >= 15 is 0 Å². The first-order chi connectivity index (χ1) is 10.6. The molecular weight excluding hydrogens is 298 g/mol. The van der Waals surface area contributed by atoms with Gasteiger partial charge in [-0.05, 0) is 13.0 Å². The van der Waals surface area contributed by atoms with Crippen LogP contribution in [0.1, 0.15) is 36.9 Å². The Morgan fingerprint density at radius 1 is 1.36 bits per heavy atom. The number of methoxy groups -OCH3 is 1. The normalized spacial score (nSPS) is 17.0. The van der Waals surface area contributed by atoms with Crippen LogP contribution in [-0.2, 0) is 16.0 Å². The standard InChI is InChI=1S/C16H27N3O2S/c1-13(2)16-17-14(12-22-16)11-15(20)19-6-4-5-18(7-8-19)9-10-21-3/h12-13H,4-11H2,1-3H3. The smallest absolute Gasteiger partial charge is 0.228 e. The summed E-state index contributed by atoms with van der Waals surface area (Å²) in [7, 11) is 1.73. The molecule has 1 aromatic rings. The molecule has 2 heterocycles. The first kappa shape index (κ1) is 17.4. The van der Waals surface area contributed by atoms with Crippen LogP contribution in [0.2, 0.25) is 0 Å². The molecule has 1 aliphatic rings. The Bertz CT molecular complexity index is 476. The Labute approximate surface area is 137 Å². The summed E-state index contributed by atoms with van der Waals surface area (Å²) in [5, 5.41) is 3.14. The molecule has 1 aliphatic heterocycles. The first-order valence-corrected chi connectivity index (χ1v) is 8.91. The van der Waals surface area contributed by atoms with E-state index in [1.807, 2.05) is 10.3 Å². The first-order valence-electron chi connectivity index (χ1n) is 8.03. The van der Waals surface area contributed by atoms with Gasteiger partial charge < -0.3 is 9.64 Å². The lowest BCUT2D eigenvalue weighted by Gasteiger charge is -2.21. The van der Waals surface area contributed by atoms with Crippen LogP contribution in [0.4, 0.5) is 0 Å². The number of carbonyl (C=O) groups is 1. The van der Waals surface area contributed by atoms with Crippen LogP contribution in [0, 0.1) is 0 Å². The summed E-state index contributed by atoms with van der Waals surface area (Å²) >= 11 is 1.66. The highest BCUT2D eigenvalue weighted by Gasteiger charge is 2.20. The fraction of sp³-hybridized carbons (Fsp3) is 0.750. The van der Waals surface area contributed by atoms with E-state index in [4.69, 9.17) is 4.74 Å². The number of rotatable bonds is 6. The van der Waals surface area contributed by atoms with E-state index in [1.54, 1.807) is 18.4 Å². The van der Waals surface area contributed by atoms with Crippen LogP contribution in [0.25, 0.3) is 0 Å². The molecule has 0 spiro atoms. The van der Waals surface area contributed by atoms with Crippen LogP contribution < -0.4 is 0 Å². The Morgan fingerprint density at radius 3 is 2.86 bits per heavy atom. The predicted molar refractivity (Wildman–Crippen MR) is 89.4 cm³/mol. The third-order valence-electron chi connectivity index (χ3n) is 3.95. The van der Waals surface area contributed by atoms with Crippen molar-refractivity contribution in [3.05, 3.63) is 16.1 Å². The summed E-state index contributed by atoms with van der Waals surface area (Å²) in [6.07, 6.45) is 1.46. The van der Waals surface area contributed by atoms with Gasteiger partial charge in [-0.1, -0.05) is 13.8 Å². The van der Waals surface area contributed by atoms with Crippen molar-refractivity contribution in [2.24, 2.45) is 0 Å². The van der Waals surface area contributed by atoms with Crippen LogP contribution in [0.5, 0.6) is 0 Å². The second-order valence-electron chi connectivity index (χ2n) is 6.08. The number of ether oxygens (including phenoxy) is 1. The SMILES string of the molecule is COCCN1CCCN(C(=O)Cc2csc(C(C)C)n2)CC1. The summed E-state index contributed by atoms with van der Waals surface area (Å²) in [6, 6.07) is 0. The van der Waals surface area contributed by atoms with Crippen LogP contribution in [0.3, 0.4) is 0 Å². The molecule has 1 fully saturated rings. The van der Waals surface area contributed by atoms with E-state index in [0.29, 0.717) is 12.3 Å². The number of aromatic nitrogens is 1. The Balaban J connectivity index is 1.84. The third-order valence-corrected chi connectivity index (χ3v) is 5.14. The van der Waals surface area contributed by atoms with Crippen LogP contribution in [-0.4, -0.2) is 67.1 Å². The zero-order valence-corrected chi connectivity index (χ0v) is 14.7. The molecule has 0 aliphatic carbocycles. The van der Waals surface area contributed by atoms with Crippen molar-refractivity contribution in [1.82, 2.24) is 14.8 Å². The molecular formula is C16H27N3O2S. The lowest BCUT2D eigenvalue weighted by Crippen LogP contribution is -2.36. The highest BCUT2D eigenvalue weighted by atomic mass is 32.1. The van der Waals surface area contributed by atoms with Crippen molar-refractivity contribution < 1.29 is 9.53 Å². The van der Waals surface area contributed by atoms with E-state index in [-0.39, 0.29) is 5.91 Å². The molecule has 1 amide bonds. The van der Waals surface area contributed by atoms with Gasteiger partial charge in [0.15, 0.2) is 0 Å². The topological polar surface area (TPSA) is 45.7 Å². The van der Waals surface area contributed by atoms with Crippen molar-refractivity contribution in [1.29, 1.82) is 0 Å². The molecule has 0 aromatic carbocycles. The Kier molecular flexibility index (Phi) is 6.79. The average molecular weight is 325 g/mol. The summed E-state index contributed by atoms with van der Waals surface area (Å²) < 4.78 is 5.13. The predicted octanol–water partition coefficient (Wildman–Crippen LogP) is 1.99.